The lowest BCUT2D eigenvalue weighted by Crippen LogP contribution is -2.03. The molecule has 0 aliphatic heterocycles. The molecule has 2 aromatic carbocycles. The minimum Gasteiger partial charge on any atom is -0.207 e. The maximum Gasteiger partial charge on any atom is 0.129 e. The third-order valence-corrected chi connectivity index (χ3v) is 4.03. The summed E-state index contributed by atoms with van der Waals surface area (Å²) in [5, 5.41) is 0. The SMILES string of the molecule is CCCc1ccc(C2=Cc3cc(F)cc(F)c3CC2)cc1. The fraction of sp³-hybridized carbons (Fsp3) is 0.263. The Morgan fingerprint density at radius 2 is 1.76 bits per heavy atom. The van der Waals surface area contributed by atoms with Crippen molar-refractivity contribution in [3.63, 3.8) is 0 Å². The van der Waals surface area contributed by atoms with Gasteiger partial charge in [0.15, 0.2) is 0 Å². The van der Waals surface area contributed by atoms with E-state index in [1.54, 1.807) is 0 Å². The molecule has 0 aromatic heterocycles. The lowest BCUT2D eigenvalue weighted by atomic mass is 9.88. The van der Waals surface area contributed by atoms with Crippen LogP contribution in [0.25, 0.3) is 11.6 Å². The Bertz CT molecular complexity index is 681. The molecule has 108 valence electrons. The topological polar surface area (TPSA) is 0 Å². The van der Waals surface area contributed by atoms with E-state index in [0.29, 0.717) is 17.5 Å². The molecule has 1 aliphatic carbocycles. The van der Waals surface area contributed by atoms with Crippen LogP contribution in [0.4, 0.5) is 8.78 Å². The first kappa shape index (κ1) is 14.0. The molecule has 0 saturated carbocycles. The van der Waals surface area contributed by atoms with Gasteiger partial charge in [-0.15, -0.1) is 0 Å². The molecule has 0 N–H and O–H groups in total. The average molecular weight is 284 g/mol. The summed E-state index contributed by atoms with van der Waals surface area (Å²) in [6.45, 7) is 2.16. The molecular formula is C19H18F2. The molecule has 0 saturated heterocycles. The molecule has 0 radical (unpaired) electrons. The lowest BCUT2D eigenvalue weighted by molar-refractivity contribution is 0.570. The highest BCUT2D eigenvalue weighted by atomic mass is 19.1. The maximum atomic E-state index is 13.7. The Kier molecular flexibility index (Phi) is 3.87. The number of aryl methyl sites for hydroxylation is 1. The van der Waals surface area contributed by atoms with E-state index in [1.165, 1.54) is 11.6 Å². The highest BCUT2D eigenvalue weighted by Gasteiger charge is 2.16. The van der Waals surface area contributed by atoms with Crippen molar-refractivity contribution < 1.29 is 8.78 Å². The summed E-state index contributed by atoms with van der Waals surface area (Å²) in [5.74, 6) is -0.944. The van der Waals surface area contributed by atoms with Crippen molar-refractivity contribution in [2.45, 2.75) is 32.6 Å². The van der Waals surface area contributed by atoms with Crippen LogP contribution in [-0.4, -0.2) is 0 Å². The smallest absolute Gasteiger partial charge is 0.129 e. The van der Waals surface area contributed by atoms with Gasteiger partial charge in [0.05, 0.1) is 0 Å². The molecule has 0 amide bonds. The average Bonchev–Trinajstić information content (AvgIpc) is 2.47. The second-order valence-electron chi connectivity index (χ2n) is 5.57. The van der Waals surface area contributed by atoms with Crippen molar-refractivity contribution in [3.8, 4) is 0 Å². The Hall–Kier alpha value is -1.96. The Morgan fingerprint density at radius 1 is 1.00 bits per heavy atom. The van der Waals surface area contributed by atoms with Gasteiger partial charge in [-0.1, -0.05) is 43.7 Å². The van der Waals surface area contributed by atoms with Crippen LogP contribution in [0.15, 0.2) is 36.4 Å². The predicted molar refractivity (Wildman–Crippen MR) is 83.0 cm³/mol. The summed E-state index contributed by atoms with van der Waals surface area (Å²) in [7, 11) is 0. The van der Waals surface area contributed by atoms with Crippen LogP contribution in [0, 0.1) is 11.6 Å². The molecule has 2 heteroatoms. The maximum absolute atomic E-state index is 13.7. The molecule has 0 unspecified atom stereocenters. The van der Waals surface area contributed by atoms with Gasteiger partial charge in [0.25, 0.3) is 0 Å². The molecule has 0 atom stereocenters. The number of rotatable bonds is 3. The van der Waals surface area contributed by atoms with Crippen molar-refractivity contribution in [2.24, 2.45) is 0 Å². The molecule has 0 nitrogen and oxygen atoms in total. The van der Waals surface area contributed by atoms with Crippen LogP contribution in [0.5, 0.6) is 0 Å². The summed E-state index contributed by atoms with van der Waals surface area (Å²) >= 11 is 0. The van der Waals surface area contributed by atoms with E-state index in [9.17, 15) is 8.78 Å². The van der Waals surface area contributed by atoms with Gasteiger partial charge in [-0.25, -0.2) is 8.78 Å². The summed E-state index contributed by atoms with van der Waals surface area (Å²) in [6.07, 6.45) is 5.55. The van der Waals surface area contributed by atoms with E-state index in [0.717, 1.165) is 36.5 Å². The second-order valence-corrected chi connectivity index (χ2v) is 5.57. The van der Waals surface area contributed by atoms with E-state index in [4.69, 9.17) is 0 Å². The van der Waals surface area contributed by atoms with Gasteiger partial charge in [-0.2, -0.15) is 0 Å². The van der Waals surface area contributed by atoms with E-state index in [1.807, 2.05) is 6.08 Å². The summed E-state index contributed by atoms with van der Waals surface area (Å²) in [4.78, 5) is 0. The zero-order valence-electron chi connectivity index (χ0n) is 12.1. The van der Waals surface area contributed by atoms with Crippen molar-refractivity contribution >= 4 is 11.6 Å². The molecular weight excluding hydrogens is 266 g/mol. The van der Waals surface area contributed by atoms with E-state index >= 15 is 0 Å². The van der Waals surface area contributed by atoms with Crippen molar-refractivity contribution in [1.29, 1.82) is 0 Å². The van der Waals surface area contributed by atoms with Crippen LogP contribution < -0.4 is 0 Å². The quantitative estimate of drug-likeness (QED) is 0.707. The van der Waals surface area contributed by atoms with Crippen LogP contribution in [0.2, 0.25) is 0 Å². The lowest BCUT2D eigenvalue weighted by Gasteiger charge is -2.18. The standard InChI is InChI=1S/C19H18F2/c1-2-3-13-4-6-14(7-5-13)15-8-9-18-16(10-15)11-17(20)12-19(18)21/h4-7,10-12H,2-3,8-9H2,1H3. The van der Waals surface area contributed by atoms with Crippen LogP contribution in [0.1, 0.15) is 42.0 Å². The van der Waals surface area contributed by atoms with E-state index in [-0.39, 0.29) is 0 Å². The monoisotopic (exact) mass is 284 g/mol. The van der Waals surface area contributed by atoms with Gasteiger partial charge >= 0.3 is 0 Å². The van der Waals surface area contributed by atoms with Gasteiger partial charge in [0.1, 0.15) is 11.6 Å². The number of halogens is 2. The molecule has 0 heterocycles. The number of fused-ring (bicyclic) bond motifs is 1. The third kappa shape index (κ3) is 2.90. The van der Waals surface area contributed by atoms with Gasteiger partial charge in [0.2, 0.25) is 0 Å². The minimum absolute atomic E-state index is 0.432. The number of hydrogen-bond acceptors (Lipinski definition) is 0. The largest absolute Gasteiger partial charge is 0.207 e. The second kappa shape index (κ2) is 5.80. The number of hydrogen-bond donors (Lipinski definition) is 0. The van der Waals surface area contributed by atoms with Crippen LogP contribution >= 0.6 is 0 Å². The molecule has 1 aliphatic rings. The minimum atomic E-state index is -0.512. The molecule has 3 rings (SSSR count). The van der Waals surface area contributed by atoms with Gasteiger partial charge in [-0.3, -0.25) is 0 Å². The summed E-state index contributed by atoms with van der Waals surface area (Å²) in [6, 6.07) is 10.9. The van der Waals surface area contributed by atoms with Crippen LogP contribution in [0.3, 0.4) is 0 Å². The third-order valence-electron chi connectivity index (χ3n) is 4.03. The number of allylic oxidation sites excluding steroid dienone is 1. The molecule has 21 heavy (non-hydrogen) atoms. The number of benzene rings is 2. The normalized spacial score (nSPS) is 13.8. The van der Waals surface area contributed by atoms with Crippen molar-refractivity contribution in [3.05, 3.63) is 70.3 Å². The Morgan fingerprint density at radius 3 is 2.48 bits per heavy atom. The zero-order valence-corrected chi connectivity index (χ0v) is 12.1. The first-order valence-corrected chi connectivity index (χ1v) is 7.45. The van der Waals surface area contributed by atoms with E-state index in [2.05, 4.69) is 31.2 Å². The van der Waals surface area contributed by atoms with Gasteiger partial charge in [-0.05, 0) is 53.2 Å². The van der Waals surface area contributed by atoms with Gasteiger partial charge in [0, 0.05) is 6.07 Å². The first-order valence-electron chi connectivity index (χ1n) is 7.45. The van der Waals surface area contributed by atoms with Gasteiger partial charge < -0.3 is 0 Å². The van der Waals surface area contributed by atoms with E-state index < -0.39 is 11.6 Å². The Balaban J connectivity index is 1.94. The zero-order chi connectivity index (χ0) is 14.8. The first-order chi connectivity index (χ1) is 10.2. The van der Waals surface area contributed by atoms with Crippen LogP contribution in [-0.2, 0) is 12.8 Å². The molecule has 0 fully saturated rings. The Labute approximate surface area is 124 Å². The highest BCUT2D eigenvalue weighted by molar-refractivity contribution is 5.84. The predicted octanol–water partition coefficient (Wildman–Crippen LogP) is 5.40. The summed E-state index contributed by atoms with van der Waals surface area (Å²) < 4.78 is 27.1. The van der Waals surface area contributed by atoms with Crippen molar-refractivity contribution in [2.75, 3.05) is 0 Å². The fourth-order valence-electron chi connectivity index (χ4n) is 2.94. The molecule has 0 bridgehead atoms. The highest BCUT2D eigenvalue weighted by Crippen LogP contribution is 2.32. The summed E-state index contributed by atoms with van der Waals surface area (Å²) in [5.41, 5.74) is 4.92. The molecule has 2 aromatic rings. The fourth-order valence-corrected chi connectivity index (χ4v) is 2.94. The van der Waals surface area contributed by atoms with Crippen molar-refractivity contribution in [1.82, 2.24) is 0 Å². The molecule has 0 spiro atoms.